The van der Waals surface area contributed by atoms with Gasteiger partial charge >= 0.3 is 0 Å². The number of ether oxygens (including phenoxy) is 1. The maximum Gasteiger partial charge on any atom is 0.255 e. The van der Waals surface area contributed by atoms with Gasteiger partial charge in [0.25, 0.3) is 5.91 Å². The first-order chi connectivity index (χ1) is 10.4. The number of rotatable bonds is 4. The molecule has 1 amide bonds. The second kappa shape index (κ2) is 6.79. The predicted molar refractivity (Wildman–Crippen MR) is 87.2 cm³/mol. The van der Waals surface area contributed by atoms with Crippen molar-refractivity contribution in [1.82, 2.24) is 10.3 Å². The molecule has 0 radical (unpaired) electrons. The Hall–Kier alpha value is -2.08. The number of pyridine rings is 1. The molecule has 0 aliphatic rings. The van der Waals surface area contributed by atoms with Gasteiger partial charge in [0, 0.05) is 21.8 Å². The van der Waals surface area contributed by atoms with Gasteiger partial charge in [0.15, 0.2) is 0 Å². The molecule has 0 spiro atoms. The Morgan fingerprint density at radius 1 is 1.41 bits per heavy atom. The second-order valence-electron chi connectivity index (χ2n) is 4.89. The van der Waals surface area contributed by atoms with Gasteiger partial charge in [0.05, 0.1) is 24.9 Å². The summed E-state index contributed by atoms with van der Waals surface area (Å²) < 4.78 is 6.05. The van der Waals surface area contributed by atoms with Crippen LogP contribution in [-0.4, -0.2) is 23.1 Å². The molecule has 0 unspecified atom stereocenters. The lowest BCUT2D eigenvalue weighted by Crippen LogP contribution is -2.24. The maximum absolute atomic E-state index is 12.1. The highest BCUT2D eigenvalue weighted by atomic mass is 79.9. The van der Waals surface area contributed by atoms with E-state index in [0.717, 1.165) is 22.6 Å². The highest BCUT2D eigenvalue weighted by Crippen LogP contribution is 2.24. The minimum atomic E-state index is -0.356. The lowest BCUT2D eigenvalue weighted by atomic mass is 10.1. The molecule has 0 atom stereocenters. The molecule has 0 saturated carbocycles. The Labute approximate surface area is 137 Å². The molecular weight excluding hydrogens is 348 g/mol. The van der Waals surface area contributed by atoms with Gasteiger partial charge in [0.1, 0.15) is 11.5 Å². The standard InChI is InChI=1S/C16H17BrN2O3/c1-9-7-18-13(10(2)15(9)22-3)8-19-16(21)12-5-4-11(17)6-14(12)20/h4-7,20H,8H2,1-3H3,(H,19,21). The Kier molecular flexibility index (Phi) is 5.03. The van der Waals surface area contributed by atoms with E-state index >= 15 is 0 Å². The molecule has 0 aliphatic heterocycles. The zero-order valence-corrected chi connectivity index (χ0v) is 14.2. The molecule has 2 rings (SSSR count). The van der Waals surface area contributed by atoms with Crippen LogP contribution < -0.4 is 10.1 Å². The summed E-state index contributed by atoms with van der Waals surface area (Å²) in [5, 5.41) is 12.6. The zero-order valence-electron chi connectivity index (χ0n) is 12.6. The fourth-order valence-corrected chi connectivity index (χ4v) is 2.55. The molecule has 0 bridgehead atoms. The lowest BCUT2D eigenvalue weighted by molar-refractivity contribution is 0.0947. The molecule has 1 aromatic heterocycles. The number of halogens is 1. The number of phenolic OH excluding ortho intramolecular Hbond substituents is 1. The molecule has 1 heterocycles. The topological polar surface area (TPSA) is 71.5 Å². The molecule has 22 heavy (non-hydrogen) atoms. The Bertz CT molecular complexity index is 717. The summed E-state index contributed by atoms with van der Waals surface area (Å²) >= 11 is 3.24. The molecule has 2 aromatic rings. The SMILES string of the molecule is COc1c(C)cnc(CNC(=O)c2ccc(Br)cc2O)c1C. The third kappa shape index (κ3) is 3.39. The molecule has 6 heteroatoms. The minimum absolute atomic E-state index is 0.0713. The Morgan fingerprint density at radius 2 is 2.14 bits per heavy atom. The molecule has 0 aliphatic carbocycles. The summed E-state index contributed by atoms with van der Waals surface area (Å²) in [6.07, 6.45) is 1.71. The van der Waals surface area contributed by atoms with Crippen molar-refractivity contribution in [2.24, 2.45) is 0 Å². The van der Waals surface area contributed by atoms with Crippen LogP contribution in [0.15, 0.2) is 28.9 Å². The summed E-state index contributed by atoms with van der Waals surface area (Å²) in [5.74, 6) is 0.342. The fraction of sp³-hybridized carbons (Fsp3) is 0.250. The Morgan fingerprint density at radius 3 is 2.77 bits per heavy atom. The van der Waals surface area contributed by atoms with Crippen molar-refractivity contribution in [3.05, 3.63) is 51.3 Å². The van der Waals surface area contributed by atoms with E-state index in [9.17, 15) is 9.90 Å². The van der Waals surface area contributed by atoms with Gasteiger partial charge in [-0.3, -0.25) is 9.78 Å². The van der Waals surface area contributed by atoms with Crippen molar-refractivity contribution in [1.29, 1.82) is 0 Å². The highest BCUT2D eigenvalue weighted by molar-refractivity contribution is 9.10. The van der Waals surface area contributed by atoms with Crippen LogP contribution in [-0.2, 0) is 6.54 Å². The van der Waals surface area contributed by atoms with E-state index in [-0.39, 0.29) is 23.8 Å². The van der Waals surface area contributed by atoms with Crippen molar-refractivity contribution < 1.29 is 14.6 Å². The molecule has 0 fully saturated rings. The number of phenols is 1. The monoisotopic (exact) mass is 364 g/mol. The smallest absolute Gasteiger partial charge is 0.255 e. The maximum atomic E-state index is 12.1. The molecule has 116 valence electrons. The number of hydrogen-bond acceptors (Lipinski definition) is 4. The Balaban J connectivity index is 2.15. The number of aromatic nitrogens is 1. The van der Waals surface area contributed by atoms with Crippen LogP contribution in [0.2, 0.25) is 0 Å². The van der Waals surface area contributed by atoms with Crippen LogP contribution in [0, 0.1) is 13.8 Å². The van der Waals surface area contributed by atoms with E-state index in [4.69, 9.17) is 4.74 Å². The van der Waals surface area contributed by atoms with Crippen LogP contribution >= 0.6 is 15.9 Å². The summed E-state index contributed by atoms with van der Waals surface area (Å²) in [6.45, 7) is 4.08. The van der Waals surface area contributed by atoms with E-state index in [1.54, 1.807) is 25.4 Å². The third-order valence-corrected chi connectivity index (χ3v) is 3.86. The van der Waals surface area contributed by atoms with Gasteiger partial charge in [-0.1, -0.05) is 15.9 Å². The van der Waals surface area contributed by atoms with E-state index in [1.165, 1.54) is 6.07 Å². The van der Waals surface area contributed by atoms with Crippen molar-refractivity contribution in [3.8, 4) is 11.5 Å². The quantitative estimate of drug-likeness (QED) is 0.874. The average molecular weight is 365 g/mol. The van der Waals surface area contributed by atoms with Crippen molar-refractivity contribution in [2.45, 2.75) is 20.4 Å². The van der Waals surface area contributed by atoms with Gasteiger partial charge in [-0.05, 0) is 32.0 Å². The first kappa shape index (κ1) is 16.3. The number of nitrogens with one attached hydrogen (secondary N) is 1. The van der Waals surface area contributed by atoms with Crippen LogP contribution in [0.4, 0.5) is 0 Å². The van der Waals surface area contributed by atoms with Gasteiger partial charge in [-0.2, -0.15) is 0 Å². The van der Waals surface area contributed by atoms with Crippen LogP contribution in [0.3, 0.4) is 0 Å². The number of carbonyl (C=O) groups is 1. The fourth-order valence-electron chi connectivity index (χ4n) is 2.21. The van der Waals surface area contributed by atoms with E-state index in [1.807, 2.05) is 13.8 Å². The van der Waals surface area contributed by atoms with E-state index in [2.05, 4.69) is 26.2 Å². The highest BCUT2D eigenvalue weighted by Gasteiger charge is 2.14. The van der Waals surface area contributed by atoms with Gasteiger partial charge in [-0.25, -0.2) is 0 Å². The van der Waals surface area contributed by atoms with Crippen LogP contribution in [0.25, 0.3) is 0 Å². The number of benzene rings is 1. The molecule has 0 saturated heterocycles. The van der Waals surface area contributed by atoms with Crippen molar-refractivity contribution in [3.63, 3.8) is 0 Å². The number of aryl methyl sites for hydroxylation is 1. The summed E-state index contributed by atoms with van der Waals surface area (Å²) in [6, 6.07) is 4.74. The average Bonchev–Trinajstić information content (AvgIpc) is 2.46. The van der Waals surface area contributed by atoms with Crippen molar-refractivity contribution >= 4 is 21.8 Å². The normalized spacial score (nSPS) is 10.4. The van der Waals surface area contributed by atoms with Crippen LogP contribution in [0.1, 0.15) is 27.2 Å². The lowest BCUT2D eigenvalue weighted by Gasteiger charge is -2.13. The molecule has 5 nitrogen and oxygen atoms in total. The first-order valence-electron chi connectivity index (χ1n) is 6.69. The van der Waals surface area contributed by atoms with Gasteiger partial charge in [-0.15, -0.1) is 0 Å². The zero-order chi connectivity index (χ0) is 16.3. The first-order valence-corrected chi connectivity index (χ1v) is 7.49. The number of nitrogens with zero attached hydrogens (tertiary/aromatic N) is 1. The third-order valence-electron chi connectivity index (χ3n) is 3.37. The second-order valence-corrected chi connectivity index (χ2v) is 5.81. The summed E-state index contributed by atoms with van der Waals surface area (Å²) in [4.78, 5) is 16.5. The summed E-state index contributed by atoms with van der Waals surface area (Å²) in [5.41, 5.74) is 2.79. The van der Waals surface area contributed by atoms with E-state index in [0.29, 0.717) is 4.47 Å². The molecule has 1 aromatic carbocycles. The number of aromatic hydroxyl groups is 1. The number of amides is 1. The predicted octanol–water partition coefficient (Wildman–Crippen LogP) is 3.11. The number of carbonyl (C=O) groups excluding carboxylic acids is 1. The largest absolute Gasteiger partial charge is 0.507 e. The molecule has 2 N–H and O–H groups in total. The minimum Gasteiger partial charge on any atom is -0.507 e. The van der Waals surface area contributed by atoms with Gasteiger partial charge < -0.3 is 15.2 Å². The van der Waals surface area contributed by atoms with Crippen LogP contribution in [0.5, 0.6) is 11.5 Å². The van der Waals surface area contributed by atoms with Gasteiger partial charge in [0.2, 0.25) is 0 Å². The number of hydrogen-bond donors (Lipinski definition) is 2. The molecular formula is C16H17BrN2O3. The van der Waals surface area contributed by atoms with E-state index < -0.39 is 0 Å². The van der Waals surface area contributed by atoms with Crippen molar-refractivity contribution in [2.75, 3.05) is 7.11 Å². The summed E-state index contributed by atoms with van der Waals surface area (Å²) in [7, 11) is 1.61. The number of methoxy groups -OCH3 is 1.